The van der Waals surface area contributed by atoms with Gasteiger partial charge in [-0.1, -0.05) is 19.1 Å². The molecule has 0 heterocycles. The maximum atomic E-state index is 7.38. The maximum absolute atomic E-state index is 7.38. The number of hydrogen-bond donors (Lipinski definition) is 2. The molecule has 76 valence electrons. The second-order valence-electron chi connectivity index (χ2n) is 3.25. The van der Waals surface area contributed by atoms with Gasteiger partial charge in [-0.2, -0.15) is 0 Å². The predicted molar refractivity (Wildman–Crippen MR) is 57.8 cm³/mol. The van der Waals surface area contributed by atoms with Crippen LogP contribution in [0.1, 0.15) is 25.8 Å². The summed E-state index contributed by atoms with van der Waals surface area (Å²) < 4.78 is 5.64. The summed E-state index contributed by atoms with van der Waals surface area (Å²) in [6.45, 7) is 4.05. The SMILES string of the molecule is CCC(C)Oc1ccccc1C(=N)N. The monoisotopic (exact) mass is 192 g/mol. The minimum Gasteiger partial charge on any atom is -0.490 e. The lowest BCUT2D eigenvalue weighted by atomic mass is 10.2. The van der Waals surface area contributed by atoms with E-state index in [9.17, 15) is 0 Å². The van der Waals surface area contributed by atoms with Crippen LogP contribution >= 0.6 is 0 Å². The normalized spacial score (nSPS) is 12.1. The molecule has 1 aromatic rings. The third-order valence-corrected chi connectivity index (χ3v) is 2.08. The summed E-state index contributed by atoms with van der Waals surface area (Å²) in [5.74, 6) is 0.734. The van der Waals surface area contributed by atoms with Crippen molar-refractivity contribution in [1.82, 2.24) is 0 Å². The topological polar surface area (TPSA) is 59.1 Å². The van der Waals surface area contributed by atoms with Crippen LogP contribution in [0.4, 0.5) is 0 Å². The van der Waals surface area contributed by atoms with Crippen LogP contribution in [0.3, 0.4) is 0 Å². The predicted octanol–water partition coefficient (Wildman–Crippen LogP) is 2.15. The van der Waals surface area contributed by atoms with E-state index in [0.717, 1.165) is 6.42 Å². The number of rotatable bonds is 4. The van der Waals surface area contributed by atoms with Crippen LogP contribution in [0, 0.1) is 5.41 Å². The molecule has 0 saturated heterocycles. The molecule has 1 rings (SSSR count). The number of hydrogen-bond acceptors (Lipinski definition) is 2. The highest BCUT2D eigenvalue weighted by Crippen LogP contribution is 2.19. The summed E-state index contributed by atoms with van der Waals surface area (Å²) >= 11 is 0. The molecule has 1 atom stereocenters. The van der Waals surface area contributed by atoms with Gasteiger partial charge in [-0.3, -0.25) is 5.41 Å². The molecule has 1 unspecified atom stereocenters. The molecular weight excluding hydrogens is 176 g/mol. The van der Waals surface area contributed by atoms with E-state index in [2.05, 4.69) is 6.92 Å². The quantitative estimate of drug-likeness (QED) is 0.567. The van der Waals surface area contributed by atoms with E-state index in [1.807, 2.05) is 25.1 Å². The van der Waals surface area contributed by atoms with E-state index in [1.165, 1.54) is 0 Å². The van der Waals surface area contributed by atoms with Gasteiger partial charge in [-0.25, -0.2) is 0 Å². The molecular formula is C11H16N2O. The molecule has 0 spiro atoms. The van der Waals surface area contributed by atoms with Crippen molar-refractivity contribution in [3.63, 3.8) is 0 Å². The van der Waals surface area contributed by atoms with Gasteiger partial charge in [0.15, 0.2) is 0 Å². The van der Waals surface area contributed by atoms with Crippen molar-refractivity contribution < 1.29 is 4.74 Å². The first-order valence-electron chi connectivity index (χ1n) is 4.75. The van der Waals surface area contributed by atoms with Gasteiger partial charge in [0.05, 0.1) is 11.7 Å². The van der Waals surface area contributed by atoms with E-state index in [1.54, 1.807) is 6.07 Å². The molecule has 3 N–H and O–H groups in total. The summed E-state index contributed by atoms with van der Waals surface area (Å²) in [6, 6.07) is 7.35. The fourth-order valence-corrected chi connectivity index (χ4v) is 1.09. The van der Waals surface area contributed by atoms with Gasteiger partial charge < -0.3 is 10.5 Å². The molecule has 0 aliphatic rings. The lowest BCUT2D eigenvalue weighted by molar-refractivity contribution is 0.217. The van der Waals surface area contributed by atoms with Gasteiger partial charge in [0, 0.05) is 0 Å². The molecule has 0 aliphatic heterocycles. The Balaban J connectivity index is 2.90. The summed E-state index contributed by atoms with van der Waals surface area (Å²) in [5, 5.41) is 7.38. The summed E-state index contributed by atoms with van der Waals surface area (Å²) in [5.41, 5.74) is 6.10. The van der Waals surface area contributed by atoms with Crippen molar-refractivity contribution in [1.29, 1.82) is 5.41 Å². The van der Waals surface area contributed by atoms with E-state index in [0.29, 0.717) is 11.3 Å². The average molecular weight is 192 g/mol. The minimum atomic E-state index is 0.0453. The molecule has 0 fully saturated rings. The van der Waals surface area contributed by atoms with Crippen LogP contribution in [-0.4, -0.2) is 11.9 Å². The van der Waals surface area contributed by atoms with Crippen molar-refractivity contribution in [3.8, 4) is 5.75 Å². The Kier molecular flexibility index (Phi) is 3.51. The first-order chi connectivity index (χ1) is 6.65. The third-order valence-electron chi connectivity index (χ3n) is 2.08. The minimum absolute atomic E-state index is 0.0453. The summed E-state index contributed by atoms with van der Waals surface area (Å²) in [6.07, 6.45) is 1.09. The lowest BCUT2D eigenvalue weighted by Crippen LogP contribution is -2.16. The highest BCUT2D eigenvalue weighted by molar-refractivity contribution is 5.97. The maximum Gasteiger partial charge on any atom is 0.130 e. The van der Waals surface area contributed by atoms with E-state index in [-0.39, 0.29) is 11.9 Å². The van der Waals surface area contributed by atoms with E-state index >= 15 is 0 Å². The molecule has 0 bridgehead atoms. The molecule has 14 heavy (non-hydrogen) atoms. The van der Waals surface area contributed by atoms with Gasteiger partial charge in [-0.05, 0) is 25.5 Å². The number of para-hydroxylation sites is 1. The Morgan fingerprint density at radius 3 is 2.71 bits per heavy atom. The third kappa shape index (κ3) is 2.49. The molecule has 3 nitrogen and oxygen atoms in total. The molecule has 0 amide bonds. The van der Waals surface area contributed by atoms with Crippen LogP contribution in [0.25, 0.3) is 0 Å². The highest BCUT2D eigenvalue weighted by atomic mass is 16.5. The average Bonchev–Trinajstić information content (AvgIpc) is 2.18. The number of ether oxygens (including phenoxy) is 1. The highest BCUT2D eigenvalue weighted by Gasteiger charge is 2.07. The Morgan fingerprint density at radius 1 is 1.50 bits per heavy atom. The number of benzene rings is 1. The Hall–Kier alpha value is -1.51. The molecule has 3 heteroatoms. The standard InChI is InChI=1S/C11H16N2O/c1-3-8(2)14-10-7-5-4-6-9(10)11(12)13/h4-8H,3H2,1-2H3,(H3,12,13). The van der Waals surface area contributed by atoms with Crippen LogP contribution < -0.4 is 10.5 Å². The van der Waals surface area contributed by atoms with Crippen molar-refractivity contribution in [2.24, 2.45) is 5.73 Å². The van der Waals surface area contributed by atoms with Crippen molar-refractivity contribution in [2.45, 2.75) is 26.4 Å². The molecule has 1 aromatic carbocycles. The summed E-state index contributed by atoms with van der Waals surface area (Å²) in [7, 11) is 0. The van der Waals surface area contributed by atoms with Gasteiger partial charge in [0.2, 0.25) is 0 Å². The Morgan fingerprint density at radius 2 is 2.14 bits per heavy atom. The zero-order valence-electron chi connectivity index (χ0n) is 8.58. The molecule has 0 saturated carbocycles. The van der Waals surface area contributed by atoms with Crippen LogP contribution in [0.2, 0.25) is 0 Å². The second kappa shape index (κ2) is 4.65. The Labute approximate surface area is 84.4 Å². The zero-order valence-corrected chi connectivity index (χ0v) is 8.58. The Bertz CT molecular complexity index is 323. The fourth-order valence-electron chi connectivity index (χ4n) is 1.09. The van der Waals surface area contributed by atoms with E-state index in [4.69, 9.17) is 15.9 Å². The van der Waals surface area contributed by atoms with Gasteiger partial charge >= 0.3 is 0 Å². The number of nitrogens with two attached hydrogens (primary N) is 1. The van der Waals surface area contributed by atoms with E-state index < -0.39 is 0 Å². The van der Waals surface area contributed by atoms with Crippen LogP contribution in [0.5, 0.6) is 5.75 Å². The number of nitrogens with one attached hydrogen (secondary N) is 1. The van der Waals surface area contributed by atoms with Crippen LogP contribution in [-0.2, 0) is 0 Å². The lowest BCUT2D eigenvalue weighted by Gasteiger charge is -2.15. The van der Waals surface area contributed by atoms with Gasteiger partial charge in [0.25, 0.3) is 0 Å². The van der Waals surface area contributed by atoms with Crippen molar-refractivity contribution in [2.75, 3.05) is 0 Å². The summed E-state index contributed by atoms with van der Waals surface area (Å²) in [4.78, 5) is 0. The van der Waals surface area contributed by atoms with Crippen molar-refractivity contribution in [3.05, 3.63) is 29.8 Å². The molecule has 0 aliphatic carbocycles. The molecule has 0 radical (unpaired) electrons. The van der Waals surface area contributed by atoms with Gasteiger partial charge in [0.1, 0.15) is 11.6 Å². The fraction of sp³-hybridized carbons (Fsp3) is 0.364. The molecule has 0 aromatic heterocycles. The first kappa shape index (κ1) is 10.6. The van der Waals surface area contributed by atoms with Crippen molar-refractivity contribution >= 4 is 5.84 Å². The first-order valence-corrected chi connectivity index (χ1v) is 4.75. The zero-order chi connectivity index (χ0) is 10.6. The number of nitrogen functional groups attached to an aromatic ring is 1. The number of amidine groups is 1. The van der Waals surface area contributed by atoms with Crippen LogP contribution in [0.15, 0.2) is 24.3 Å². The van der Waals surface area contributed by atoms with Gasteiger partial charge in [-0.15, -0.1) is 0 Å². The second-order valence-corrected chi connectivity index (χ2v) is 3.25. The largest absolute Gasteiger partial charge is 0.490 e. The smallest absolute Gasteiger partial charge is 0.130 e.